The largest absolute Gasteiger partial charge is 0.452 e. The van der Waals surface area contributed by atoms with Gasteiger partial charge in [-0.1, -0.05) is 74.5 Å². The van der Waals surface area contributed by atoms with E-state index >= 15 is 0 Å². The van der Waals surface area contributed by atoms with Gasteiger partial charge in [-0.25, -0.2) is 9.69 Å². The van der Waals surface area contributed by atoms with Gasteiger partial charge in [0.15, 0.2) is 5.96 Å². The molecular weight excluding hydrogens is 482 g/mol. The zero-order valence-corrected chi connectivity index (χ0v) is 22.6. The summed E-state index contributed by atoms with van der Waals surface area (Å²) in [4.78, 5) is 41.8. The maximum Gasteiger partial charge on any atom is 0.416 e. The molecule has 1 saturated heterocycles. The fourth-order valence-corrected chi connectivity index (χ4v) is 5.06. The van der Waals surface area contributed by atoms with Crippen LogP contribution in [0.25, 0.3) is 0 Å². The molecule has 0 radical (unpaired) electrons. The van der Waals surface area contributed by atoms with Crippen LogP contribution < -0.4 is 11.1 Å². The van der Waals surface area contributed by atoms with Gasteiger partial charge >= 0.3 is 6.09 Å². The lowest BCUT2D eigenvalue weighted by atomic mass is 9.82. The highest BCUT2D eigenvalue weighted by molar-refractivity contribution is 6.08. The van der Waals surface area contributed by atoms with Crippen molar-refractivity contribution in [3.05, 3.63) is 71.8 Å². The van der Waals surface area contributed by atoms with Crippen LogP contribution in [0.3, 0.4) is 0 Å². The Morgan fingerprint density at radius 3 is 2.26 bits per heavy atom. The number of methoxy groups -OCH3 is 1. The first-order valence-electron chi connectivity index (χ1n) is 13.1. The summed E-state index contributed by atoms with van der Waals surface area (Å²) in [6.07, 6.45) is 0.964. The van der Waals surface area contributed by atoms with Crippen molar-refractivity contribution in [1.29, 1.82) is 5.41 Å². The number of guanidine groups is 1. The van der Waals surface area contributed by atoms with Crippen LogP contribution in [0.1, 0.15) is 51.2 Å². The minimum Gasteiger partial charge on any atom is -0.452 e. The van der Waals surface area contributed by atoms with E-state index in [1.807, 2.05) is 67.6 Å². The number of hydrogen-bond acceptors (Lipinski definition) is 6. The van der Waals surface area contributed by atoms with Gasteiger partial charge in [-0.05, 0) is 49.7 Å². The summed E-state index contributed by atoms with van der Waals surface area (Å²) < 4.78 is 4.84. The fourth-order valence-electron chi connectivity index (χ4n) is 5.06. The molecule has 0 bridgehead atoms. The van der Waals surface area contributed by atoms with E-state index in [4.69, 9.17) is 15.9 Å². The molecule has 9 heteroatoms. The highest BCUT2D eigenvalue weighted by Crippen LogP contribution is 2.36. The van der Waals surface area contributed by atoms with Gasteiger partial charge in [-0.15, -0.1) is 0 Å². The first kappa shape index (κ1) is 28.8. The first-order valence-corrected chi connectivity index (χ1v) is 13.1. The number of nitrogens with two attached hydrogens (primary N) is 1. The summed E-state index contributed by atoms with van der Waals surface area (Å²) in [5.74, 6) is -0.409. The Labute approximate surface area is 224 Å². The third kappa shape index (κ3) is 6.39. The second kappa shape index (κ2) is 12.7. The van der Waals surface area contributed by atoms with Crippen LogP contribution in [0.5, 0.6) is 0 Å². The van der Waals surface area contributed by atoms with E-state index in [1.165, 1.54) is 12.0 Å². The quantitative estimate of drug-likeness (QED) is 0.414. The smallest absolute Gasteiger partial charge is 0.416 e. The van der Waals surface area contributed by atoms with E-state index in [-0.39, 0.29) is 30.4 Å². The molecule has 1 heterocycles. The third-order valence-corrected chi connectivity index (χ3v) is 6.86. The van der Waals surface area contributed by atoms with Gasteiger partial charge in [-0.3, -0.25) is 19.9 Å². The summed E-state index contributed by atoms with van der Waals surface area (Å²) in [5.41, 5.74) is 6.87. The van der Waals surface area contributed by atoms with E-state index < -0.39 is 23.6 Å². The number of ether oxygens (including phenoxy) is 1. The molecule has 3 rings (SSSR count). The fraction of sp³-hybridized carbons (Fsp3) is 0.448. The highest BCUT2D eigenvalue weighted by atomic mass is 16.5. The zero-order chi connectivity index (χ0) is 27.9. The molecule has 204 valence electrons. The van der Waals surface area contributed by atoms with E-state index in [1.54, 1.807) is 0 Å². The SMILES string of the molecule is COC(=O)N(CCCC(C)N1C(=N)NC(CC(C)C)(c2ccccc2)C1=O)C(=O)[C@@H](N)Cc1ccccc1. The molecule has 0 spiro atoms. The van der Waals surface area contributed by atoms with E-state index in [2.05, 4.69) is 19.2 Å². The van der Waals surface area contributed by atoms with E-state index in [0.717, 1.165) is 16.0 Å². The van der Waals surface area contributed by atoms with Gasteiger partial charge in [0.25, 0.3) is 5.91 Å². The topological polar surface area (TPSA) is 129 Å². The molecule has 2 aromatic carbocycles. The number of nitrogens with zero attached hydrogens (tertiary/aromatic N) is 2. The molecule has 0 aliphatic carbocycles. The number of carbonyl (C=O) groups is 3. The summed E-state index contributed by atoms with van der Waals surface area (Å²) >= 11 is 0. The number of carbonyl (C=O) groups excluding carboxylic acids is 3. The molecule has 0 saturated carbocycles. The van der Waals surface area contributed by atoms with Crippen molar-refractivity contribution in [3.8, 4) is 0 Å². The standard InChI is InChI=1S/C29H39N5O4/c1-20(2)19-29(23-15-9-6-10-16-23)26(36)34(27(31)32-29)21(3)12-11-17-33(28(37)38-4)25(35)24(30)18-22-13-7-5-8-14-22/h5-10,13-16,20-21,24H,11-12,17-19,30H2,1-4H3,(H2,31,32)/t21?,24-,29?/m0/s1. The minimum absolute atomic E-state index is 0.0535. The van der Waals surface area contributed by atoms with Gasteiger partial charge in [0.05, 0.1) is 13.2 Å². The monoisotopic (exact) mass is 521 g/mol. The van der Waals surface area contributed by atoms with Crippen molar-refractivity contribution in [2.45, 2.75) is 64.1 Å². The third-order valence-electron chi connectivity index (χ3n) is 6.86. The van der Waals surface area contributed by atoms with Crippen molar-refractivity contribution in [1.82, 2.24) is 15.1 Å². The lowest BCUT2D eigenvalue weighted by Crippen LogP contribution is -2.48. The van der Waals surface area contributed by atoms with Crippen molar-refractivity contribution >= 4 is 23.9 Å². The average Bonchev–Trinajstić information content (AvgIpc) is 3.15. The Kier molecular flexibility index (Phi) is 9.63. The van der Waals surface area contributed by atoms with Gasteiger partial charge in [0.2, 0.25) is 5.91 Å². The second-order valence-corrected chi connectivity index (χ2v) is 10.3. The van der Waals surface area contributed by atoms with Gasteiger partial charge < -0.3 is 15.8 Å². The van der Waals surface area contributed by atoms with Crippen LogP contribution in [0, 0.1) is 11.3 Å². The Morgan fingerprint density at radius 2 is 1.68 bits per heavy atom. The van der Waals surface area contributed by atoms with Gasteiger partial charge in [-0.2, -0.15) is 0 Å². The number of rotatable bonds is 11. The summed E-state index contributed by atoms with van der Waals surface area (Å²) in [6, 6.07) is 17.7. The van der Waals surface area contributed by atoms with Crippen LogP contribution in [0.2, 0.25) is 0 Å². The maximum atomic E-state index is 13.8. The van der Waals surface area contributed by atoms with Crippen molar-refractivity contribution in [3.63, 3.8) is 0 Å². The Morgan fingerprint density at radius 1 is 1.08 bits per heavy atom. The Balaban J connectivity index is 1.68. The number of hydrogen-bond donors (Lipinski definition) is 3. The molecule has 38 heavy (non-hydrogen) atoms. The summed E-state index contributed by atoms with van der Waals surface area (Å²) in [7, 11) is 1.22. The van der Waals surface area contributed by atoms with E-state index in [0.29, 0.717) is 25.7 Å². The molecule has 2 unspecified atom stereocenters. The highest BCUT2D eigenvalue weighted by Gasteiger charge is 2.52. The molecule has 4 N–H and O–H groups in total. The van der Waals surface area contributed by atoms with E-state index in [9.17, 15) is 14.4 Å². The molecule has 2 aromatic rings. The lowest BCUT2D eigenvalue weighted by Gasteiger charge is -2.30. The summed E-state index contributed by atoms with van der Waals surface area (Å²) in [5, 5.41) is 11.8. The number of benzene rings is 2. The van der Waals surface area contributed by atoms with Crippen LogP contribution in [0.4, 0.5) is 4.79 Å². The molecule has 1 fully saturated rings. The molecule has 1 aliphatic rings. The number of amides is 3. The zero-order valence-electron chi connectivity index (χ0n) is 22.6. The average molecular weight is 522 g/mol. The summed E-state index contributed by atoms with van der Waals surface area (Å²) in [6.45, 7) is 6.07. The molecular formula is C29H39N5O4. The minimum atomic E-state index is -1.00. The van der Waals surface area contributed by atoms with Crippen molar-refractivity contribution in [2.24, 2.45) is 11.7 Å². The normalized spacial score (nSPS) is 18.7. The van der Waals surface area contributed by atoms with Crippen LogP contribution in [-0.4, -0.2) is 59.4 Å². The van der Waals surface area contributed by atoms with Crippen LogP contribution in [0.15, 0.2) is 60.7 Å². The second-order valence-electron chi connectivity index (χ2n) is 10.3. The Hall–Kier alpha value is -3.72. The van der Waals surface area contributed by atoms with Gasteiger partial charge in [0, 0.05) is 12.6 Å². The molecule has 3 atom stereocenters. The molecule has 0 aromatic heterocycles. The number of nitrogens with one attached hydrogen (secondary N) is 2. The first-order chi connectivity index (χ1) is 18.1. The lowest BCUT2D eigenvalue weighted by molar-refractivity contribution is -0.134. The Bertz CT molecular complexity index is 1120. The number of imide groups is 1. The van der Waals surface area contributed by atoms with Crippen molar-refractivity contribution < 1.29 is 19.1 Å². The van der Waals surface area contributed by atoms with Crippen LogP contribution >= 0.6 is 0 Å². The van der Waals surface area contributed by atoms with Crippen LogP contribution in [-0.2, 0) is 26.3 Å². The predicted octanol–water partition coefficient (Wildman–Crippen LogP) is 3.63. The predicted molar refractivity (Wildman–Crippen MR) is 146 cm³/mol. The molecule has 9 nitrogen and oxygen atoms in total. The molecule has 3 amide bonds. The maximum absolute atomic E-state index is 13.8. The van der Waals surface area contributed by atoms with Crippen molar-refractivity contribution in [2.75, 3.05) is 13.7 Å². The van der Waals surface area contributed by atoms with Gasteiger partial charge in [0.1, 0.15) is 5.54 Å². The molecule has 1 aliphatic heterocycles.